The predicted molar refractivity (Wildman–Crippen MR) is 83.4 cm³/mol. The van der Waals surface area contributed by atoms with Gasteiger partial charge in [-0.15, -0.1) is 11.3 Å². The number of anilines is 1. The van der Waals surface area contributed by atoms with Crippen LogP contribution in [-0.2, 0) is 0 Å². The van der Waals surface area contributed by atoms with Gasteiger partial charge in [0.25, 0.3) is 0 Å². The fourth-order valence-corrected chi connectivity index (χ4v) is 4.12. The largest absolute Gasteiger partial charge is 0.353 e. The number of rotatable bonds is 1. The van der Waals surface area contributed by atoms with Crippen molar-refractivity contribution in [1.29, 1.82) is 0 Å². The molecule has 1 atom stereocenters. The minimum absolute atomic E-state index is 0.556. The molecular formula is C15H16N4S. The average molecular weight is 284 g/mol. The molecule has 102 valence electrons. The third-order valence-electron chi connectivity index (χ3n) is 4.09. The van der Waals surface area contributed by atoms with Crippen LogP contribution in [0, 0.1) is 0 Å². The van der Waals surface area contributed by atoms with Crippen molar-refractivity contribution in [3.05, 3.63) is 24.7 Å². The molecule has 0 radical (unpaired) electrons. The highest BCUT2D eigenvalue weighted by Crippen LogP contribution is 2.37. The number of hydrogen-bond donors (Lipinski definition) is 0. The van der Waals surface area contributed by atoms with Crippen LogP contribution in [-0.4, -0.2) is 27.5 Å². The lowest BCUT2D eigenvalue weighted by Crippen LogP contribution is -2.38. The second-order valence-corrected chi connectivity index (χ2v) is 6.37. The van der Waals surface area contributed by atoms with E-state index in [2.05, 4.69) is 32.8 Å². The van der Waals surface area contributed by atoms with Gasteiger partial charge < -0.3 is 4.90 Å². The highest BCUT2D eigenvalue weighted by molar-refractivity contribution is 7.25. The number of hydrogen-bond acceptors (Lipinski definition) is 5. The molecule has 0 aliphatic carbocycles. The second-order valence-electron chi connectivity index (χ2n) is 5.37. The quantitative estimate of drug-likeness (QED) is 0.684. The molecule has 0 saturated carbocycles. The van der Waals surface area contributed by atoms with Crippen molar-refractivity contribution >= 4 is 37.6 Å². The molecule has 1 aliphatic heterocycles. The Kier molecular flexibility index (Phi) is 2.80. The number of aromatic nitrogens is 3. The lowest BCUT2D eigenvalue weighted by atomic mass is 10.0. The zero-order valence-electron chi connectivity index (χ0n) is 11.4. The Hall–Kier alpha value is -1.75. The number of pyridine rings is 1. The van der Waals surface area contributed by atoms with Crippen LogP contribution in [0.15, 0.2) is 24.7 Å². The van der Waals surface area contributed by atoms with Gasteiger partial charge in [-0.05, 0) is 38.3 Å². The van der Waals surface area contributed by atoms with E-state index in [1.807, 2.05) is 12.3 Å². The molecule has 4 rings (SSSR count). The van der Waals surface area contributed by atoms with E-state index in [1.54, 1.807) is 17.7 Å². The van der Waals surface area contributed by atoms with Crippen LogP contribution >= 0.6 is 11.3 Å². The van der Waals surface area contributed by atoms with Gasteiger partial charge in [0, 0.05) is 24.2 Å². The summed E-state index contributed by atoms with van der Waals surface area (Å²) in [6.07, 6.45) is 7.35. The first-order valence-electron chi connectivity index (χ1n) is 7.09. The maximum absolute atomic E-state index is 4.57. The molecule has 20 heavy (non-hydrogen) atoms. The van der Waals surface area contributed by atoms with E-state index in [0.717, 1.165) is 28.1 Å². The molecule has 4 heterocycles. The van der Waals surface area contributed by atoms with E-state index < -0.39 is 0 Å². The molecule has 1 unspecified atom stereocenters. The van der Waals surface area contributed by atoms with E-state index in [1.165, 1.54) is 24.0 Å². The zero-order valence-corrected chi connectivity index (χ0v) is 12.2. The first-order chi connectivity index (χ1) is 9.84. The average Bonchev–Trinajstić information content (AvgIpc) is 2.86. The third kappa shape index (κ3) is 1.77. The SMILES string of the molecule is CC1CCCCN1c1ncnc2c1sc1ncccc12. The first-order valence-corrected chi connectivity index (χ1v) is 7.91. The van der Waals surface area contributed by atoms with Gasteiger partial charge in [0.05, 0.1) is 10.2 Å². The minimum atomic E-state index is 0.556. The normalized spacial score (nSPS) is 19.9. The van der Waals surface area contributed by atoms with Crippen molar-refractivity contribution in [1.82, 2.24) is 15.0 Å². The van der Waals surface area contributed by atoms with Gasteiger partial charge in [0.2, 0.25) is 0 Å². The van der Waals surface area contributed by atoms with Crippen LogP contribution in [0.1, 0.15) is 26.2 Å². The smallest absolute Gasteiger partial charge is 0.150 e. The zero-order chi connectivity index (χ0) is 13.5. The maximum atomic E-state index is 4.57. The number of piperidine rings is 1. The Labute approximate surface area is 121 Å². The molecule has 0 spiro atoms. The van der Waals surface area contributed by atoms with Crippen LogP contribution in [0.25, 0.3) is 20.4 Å². The van der Waals surface area contributed by atoms with Gasteiger partial charge >= 0.3 is 0 Å². The summed E-state index contributed by atoms with van der Waals surface area (Å²) in [4.78, 5) is 17.0. The maximum Gasteiger partial charge on any atom is 0.150 e. The Bertz CT molecular complexity index is 767. The first kappa shape index (κ1) is 12.0. The molecule has 4 nitrogen and oxygen atoms in total. The van der Waals surface area contributed by atoms with Crippen LogP contribution in [0.3, 0.4) is 0 Å². The van der Waals surface area contributed by atoms with E-state index >= 15 is 0 Å². The summed E-state index contributed by atoms with van der Waals surface area (Å²) in [6.45, 7) is 3.38. The number of nitrogens with zero attached hydrogens (tertiary/aromatic N) is 4. The molecule has 3 aromatic rings. The predicted octanol–water partition coefficient (Wildman–Crippen LogP) is 3.62. The topological polar surface area (TPSA) is 41.9 Å². The number of thiophene rings is 1. The molecular weight excluding hydrogens is 268 g/mol. The Balaban J connectivity index is 1.95. The van der Waals surface area contributed by atoms with Gasteiger partial charge in [0.1, 0.15) is 17.0 Å². The molecule has 1 saturated heterocycles. The lowest BCUT2D eigenvalue weighted by Gasteiger charge is -2.34. The summed E-state index contributed by atoms with van der Waals surface area (Å²) in [7, 11) is 0. The van der Waals surface area contributed by atoms with E-state index in [0.29, 0.717) is 6.04 Å². The summed E-state index contributed by atoms with van der Waals surface area (Å²) in [5, 5.41) is 1.14. The van der Waals surface area contributed by atoms with E-state index in [4.69, 9.17) is 0 Å². The van der Waals surface area contributed by atoms with Crippen LogP contribution in [0.4, 0.5) is 5.82 Å². The standard InChI is InChI=1S/C15H16N4S/c1-10-5-2-3-8-19(10)14-13-12(17-9-18-14)11-6-4-7-16-15(11)20-13/h4,6-7,9-10H,2-3,5,8H2,1H3. The van der Waals surface area contributed by atoms with Crippen LogP contribution in [0.2, 0.25) is 0 Å². The van der Waals surface area contributed by atoms with Gasteiger partial charge in [-0.3, -0.25) is 0 Å². The Morgan fingerprint density at radius 1 is 1.25 bits per heavy atom. The monoisotopic (exact) mass is 284 g/mol. The summed E-state index contributed by atoms with van der Waals surface area (Å²) in [5.41, 5.74) is 1.04. The lowest BCUT2D eigenvalue weighted by molar-refractivity contribution is 0.482. The minimum Gasteiger partial charge on any atom is -0.353 e. The van der Waals surface area contributed by atoms with Gasteiger partial charge in [-0.2, -0.15) is 0 Å². The van der Waals surface area contributed by atoms with Gasteiger partial charge in [-0.1, -0.05) is 0 Å². The fourth-order valence-electron chi connectivity index (χ4n) is 3.02. The molecule has 1 fully saturated rings. The van der Waals surface area contributed by atoms with Crippen molar-refractivity contribution < 1.29 is 0 Å². The molecule has 0 aromatic carbocycles. The molecule has 0 N–H and O–H groups in total. The molecule has 3 aromatic heterocycles. The van der Waals surface area contributed by atoms with Crippen molar-refractivity contribution in [3.8, 4) is 0 Å². The highest BCUT2D eigenvalue weighted by atomic mass is 32.1. The van der Waals surface area contributed by atoms with Crippen molar-refractivity contribution in [2.24, 2.45) is 0 Å². The van der Waals surface area contributed by atoms with E-state index in [9.17, 15) is 0 Å². The highest BCUT2D eigenvalue weighted by Gasteiger charge is 2.23. The van der Waals surface area contributed by atoms with Crippen LogP contribution < -0.4 is 4.90 Å². The summed E-state index contributed by atoms with van der Waals surface area (Å²) < 4.78 is 1.18. The van der Waals surface area contributed by atoms with Crippen molar-refractivity contribution in [3.63, 3.8) is 0 Å². The van der Waals surface area contributed by atoms with Crippen LogP contribution in [0.5, 0.6) is 0 Å². The van der Waals surface area contributed by atoms with Crippen molar-refractivity contribution in [2.75, 3.05) is 11.4 Å². The van der Waals surface area contributed by atoms with Crippen molar-refractivity contribution in [2.45, 2.75) is 32.2 Å². The molecule has 0 bridgehead atoms. The summed E-state index contributed by atoms with van der Waals surface area (Å²) in [5.74, 6) is 1.09. The number of fused-ring (bicyclic) bond motifs is 3. The van der Waals surface area contributed by atoms with Gasteiger partial charge in [-0.25, -0.2) is 15.0 Å². The van der Waals surface area contributed by atoms with Gasteiger partial charge in [0.15, 0.2) is 0 Å². The molecule has 5 heteroatoms. The fraction of sp³-hybridized carbons (Fsp3) is 0.400. The Morgan fingerprint density at radius 3 is 3.10 bits per heavy atom. The summed E-state index contributed by atoms with van der Waals surface area (Å²) >= 11 is 1.71. The molecule has 1 aliphatic rings. The van der Waals surface area contributed by atoms with E-state index in [-0.39, 0.29) is 0 Å². The molecule has 0 amide bonds. The summed E-state index contributed by atoms with van der Waals surface area (Å²) in [6, 6.07) is 4.62. The Morgan fingerprint density at radius 2 is 2.20 bits per heavy atom. The second kappa shape index (κ2) is 4.66. The third-order valence-corrected chi connectivity index (χ3v) is 5.18.